The van der Waals surface area contributed by atoms with Crippen LogP contribution in [0.15, 0.2) is 12.2 Å². The molecule has 15 heavy (non-hydrogen) atoms. The molecule has 0 aromatic carbocycles. The third-order valence-corrected chi connectivity index (χ3v) is 3.24. The van der Waals surface area contributed by atoms with Crippen LogP contribution in [0.4, 0.5) is 0 Å². The Labute approximate surface area is 92.7 Å². The van der Waals surface area contributed by atoms with E-state index in [1.54, 1.807) is 0 Å². The van der Waals surface area contributed by atoms with Gasteiger partial charge in [0.25, 0.3) is 0 Å². The van der Waals surface area contributed by atoms with Crippen LogP contribution in [0.2, 0.25) is 0 Å². The largest absolute Gasteiger partial charge is 0.459 e. The van der Waals surface area contributed by atoms with Crippen molar-refractivity contribution in [3.63, 3.8) is 0 Å². The fourth-order valence-corrected chi connectivity index (χ4v) is 2.36. The van der Waals surface area contributed by atoms with Crippen molar-refractivity contribution in [1.29, 1.82) is 0 Å². The van der Waals surface area contributed by atoms with E-state index in [4.69, 9.17) is 4.74 Å². The van der Waals surface area contributed by atoms with Gasteiger partial charge in [0.1, 0.15) is 6.10 Å². The number of hydrogen-bond acceptors (Lipinski definition) is 2. The summed E-state index contributed by atoms with van der Waals surface area (Å²) in [4.78, 5) is 11.6. The Hall–Kier alpha value is -0.790. The Bertz CT molecular complexity index is 266. The highest BCUT2D eigenvalue weighted by molar-refractivity contribution is 5.87. The Balaban J connectivity index is 2.53. The Morgan fingerprint density at radius 3 is 2.47 bits per heavy atom. The zero-order valence-corrected chi connectivity index (χ0v) is 10.3. The fraction of sp³-hybridized carbons (Fsp3) is 0.769. The molecule has 2 nitrogen and oxygen atoms in total. The first-order valence-electron chi connectivity index (χ1n) is 5.74. The Morgan fingerprint density at radius 1 is 1.47 bits per heavy atom. The van der Waals surface area contributed by atoms with E-state index in [1.165, 1.54) is 0 Å². The van der Waals surface area contributed by atoms with Crippen molar-refractivity contribution in [2.45, 2.75) is 53.1 Å². The van der Waals surface area contributed by atoms with Gasteiger partial charge in [0.2, 0.25) is 0 Å². The standard InChI is InChI=1S/C13H22O2/c1-6-9(2)12(14)15-11-8-13(4,5)7-10(11)3/h10-11H,2,6-8H2,1,3-5H3. The first kappa shape index (κ1) is 12.3. The monoisotopic (exact) mass is 210 g/mol. The van der Waals surface area contributed by atoms with Crippen molar-refractivity contribution in [3.05, 3.63) is 12.2 Å². The van der Waals surface area contributed by atoms with Gasteiger partial charge in [0, 0.05) is 5.57 Å². The van der Waals surface area contributed by atoms with Gasteiger partial charge in [-0.15, -0.1) is 0 Å². The van der Waals surface area contributed by atoms with Crippen molar-refractivity contribution in [2.75, 3.05) is 0 Å². The van der Waals surface area contributed by atoms with Gasteiger partial charge in [-0.05, 0) is 30.6 Å². The molecule has 2 unspecified atom stereocenters. The summed E-state index contributed by atoms with van der Waals surface area (Å²) in [7, 11) is 0. The lowest BCUT2D eigenvalue weighted by Gasteiger charge is -2.18. The van der Waals surface area contributed by atoms with Gasteiger partial charge in [-0.2, -0.15) is 0 Å². The highest BCUT2D eigenvalue weighted by Crippen LogP contribution is 2.42. The van der Waals surface area contributed by atoms with Crippen LogP contribution in [0.3, 0.4) is 0 Å². The molecular weight excluding hydrogens is 188 g/mol. The van der Waals surface area contributed by atoms with Gasteiger partial charge in [-0.3, -0.25) is 0 Å². The van der Waals surface area contributed by atoms with E-state index in [-0.39, 0.29) is 12.1 Å². The van der Waals surface area contributed by atoms with Crippen molar-refractivity contribution in [2.24, 2.45) is 11.3 Å². The van der Waals surface area contributed by atoms with Crippen molar-refractivity contribution in [3.8, 4) is 0 Å². The Kier molecular flexibility index (Phi) is 3.58. The van der Waals surface area contributed by atoms with E-state index < -0.39 is 0 Å². The lowest BCUT2D eigenvalue weighted by Crippen LogP contribution is -2.21. The van der Waals surface area contributed by atoms with Crippen LogP contribution in [0.1, 0.15) is 47.0 Å². The number of hydrogen-bond donors (Lipinski definition) is 0. The molecule has 0 radical (unpaired) electrons. The summed E-state index contributed by atoms with van der Waals surface area (Å²) in [5.74, 6) is 0.251. The van der Waals surface area contributed by atoms with Crippen LogP contribution in [-0.2, 0) is 9.53 Å². The molecule has 0 saturated heterocycles. The van der Waals surface area contributed by atoms with E-state index in [9.17, 15) is 4.79 Å². The highest BCUT2D eigenvalue weighted by atomic mass is 16.5. The normalized spacial score (nSPS) is 28.8. The summed E-state index contributed by atoms with van der Waals surface area (Å²) < 4.78 is 5.47. The average molecular weight is 210 g/mol. The average Bonchev–Trinajstić information content (AvgIpc) is 2.38. The molecule has 2 atom stereocenters. The van der Waals surface area contributed by atoms with Crippen LogP contribution in [-0.4, -0.2) is 12.1 Å². The molecule has 1 rings (SSSR count). The van der Waals surface area contributed by atoms with E-state index >= 15 is 0 Å². The maximum atomic E-state index is 11.6. The summed E-state index contributed by atoms with van der Waals surface area (Å²) in [6, 6.07) is 0. The van der Waals surface area contributed by atoms with Gasteiger partial charge in [-0.1, -0.05) is 34.3 Å². The molecule has 0 N–H and O–H groups in total. The second-order valence-electron chi connectivity index (χ2n) is 5.45. The maximum Gasteiger partial charge on any atom is 0.333 e. The molecule has 0 aliphatic heterocycles. The molecule has 2 heteroatoms. The van der Waals surface area contributed by atoms with Crippen molar-refractivity contribution >= 4 is 5.97 Å². The number of carbonyl (C=O) groups is 1. The van der Waals surface area contributed by atoms with Gasteiger partial charge < -0.3 is 4.74 Å². The summed E-state index contributed by atoms with van der Waals surface area (Å²) in [5.41, 5.74) is 0.879. The van der Waals surface area contributed by atoms with E-state index in [0.29, 0.717) is 23.3 Å². The van der Waals surface area contributed by atoms with Crippen LogP contribution in [0.25, 0.3) is 0 Å². The molecule has 0 bridgehead atoms. The molecule has 0 heterocycles. The summed E-state index contributed by atoms with van der Waals surface area (Å²) in [6.07, 6.45) is 2.85. The molecule has 0 amide bonds. The van der Waals surface area contributed by atoms with Gasteiger partial charge in [0.05, 0.1) is 0 Å². The maximum absolute atomic E-state index is 11.6. The summed E-state index contributed by atoms with van der Waals surface area (Å²) in [6.45, 7) is 12.2. The second kappa shape index (κ2) is 4.38. The van der Waals surface area contributed by atoms with Crippen LogP contribution in [0, 0.1) is 11.3 Å². The van der Waals surface area contributed by atoms with Crippen molar-refractivity contribution < 1.29 is 9.53 Å². The SMILES string of the molecule is C=C(CC)C(=O)OC1CC(C)(C)CC1C. The molecule has 1 aliphatic carbocycles. The number of esters is 1. The molecule has 86 valence electrons. The molecular formula is C13H22O2. The molecule has 1 saturated carbocycles. The van der Waals surface area contributed by atoms with E-state index in [0.717, 1.165) is 12.8 Å². The molecule has 0 spiro atoms. The van der Waals surface area contributed by atoms with E-state index in [2.05, 4.69) is 27.4 Å². The zero-order valence-electron chi connectivity index (χ0n) is 10.3. The van der Waals surface area contributed by atoms with Crippen LogP contribution >= 0.6 is 0 Å². The summed E-state index contributed by atoms with van der Waals surface area (Å²) in [5, 5.41) is 0. The first-order valence-corrected chi connectivity index (χ1v) is 5.74. The minimum atomic E-state index is -0.216. The second-order valence-corrected chi connectivity index (χ2v) is 5.45. The minimum absolute atomic E-state index is 0.0794. The van der Waals surface area contributed by atoms with Gasteiger partial charge >= 0.3 is 5.97 Å². The topological polar surface area (TPSA) is 26.3 Å². The Morgan fingerprint density at radius 2 is 2.07 bits per heavy atom. The highest BCUT2D eigenvalue weighted by Gasteiger charge is 2.38. The van der Waals surface area contributed by atoms with Crippen LogP contribution < -0.4 is 0 Å². The zero-order chi connectivity index (χ0) is 11.6. The predicted octanol–water partition coefficient (Wildman–Crippen LogP) is 3.32. The quantitative estimate of drug-likeness (QED) is 0.527. The predicted molar refractivity (Wildman–Crippen MR) is 61.5 cm³/mol. The number of rotatable bonds is 3. The molecule has 0 aromatic heterocycles. The molecule has 0 aromatic rings. The van der Waals surface area contributed by atoms with Crippen LogP contribution in [0.5, 0.6) is 0 Å². The number of carbonyl (C=O) groups excluding carboxylic acids is 1. The third-order valence-electron chi connectivity index (χ3n) is 3.24. The summed E-state index contributed by atoms with van der Waals surface area (Å²) >= 11 is 0. The lowest BCUT2D eigenvalue weighted by molar-refractivity contribution is -0.146. The molecule has 1 aliphatic rings. The number of ether oxygens (including phenoxy) is 1. The van der Waals surface area contributed by atoms with Gasteiger partial charge in [-0.25, -0.2) is 4.79 Å². The first-order chi connectivity index (χ1) is 6.85. The fourth-order valence-electron chi connectivity index (χ4n) is 2.36. The van der Waals surface area contributed by atoms with E-state index in [1.807, 2.05) is 6.92 Å². The molecule has 1 fully saturated rings. The van der Waals surface area contributed by atoms with Crippen molar-refractivity contribution in [1.82, 2.24) is 0 Å². The smallest absolute Gasteiger partial charge is 0.333 e. The van der Waals surface area contributed by atoms with Gasteiger partial charge in [0.15, 0.2) is 0 Å². The lowest BCUT2D eigenvalue weighted by atomic mass is 9.91. The third kappa shape index (κ3) is 3.08. The minimum Gasteiger partial charge on any atom is -0.459 e.